The number of nitrogens with one attached hydrogen (secondary N) is 1. The van der Waals surface area contributed by atoms with Gasteiger partial charge < -0.3 is 10.4 Å². The first-order chi connectivity index (χ1) is 8.44. The van der Waals surface area contributed by atoms with Crippen molar-refractivity contribution in [3.05, 3.63) is 17.7 Å². The Labute approximate surface area is 103 Å². The lowest BCUT2D eigenvalue weighted by molar-refractivity contribution is -0.144. The minimum absolute atomic E-state index is 0.109. The van der Waals surface area contributed by atoms with Gasteiger partial charge >= 0.3 is 5.97 Å². The summed E-state index contributed by atoms with van der Waals surface area (Å²) in [5.74, 6) is -2.35. The first-order valence-corrected chi connectivity index (χ1v) is 5.70. The van der Waals surface area contributed by atoms with Crippen molar-refractivity contribution in [2.24, 2.45) is 7.05 Å². The molecule has 0 aliphatic heterocycles. The van der Waals surface area contributed by atoms with Crippen LogP contribution in [0.15, 0.2) is 6.07 Å². The Morgan fingerprint density at radius 3 is 2.56 bits per heavy atom. The third-order valence-electron chi connectivity index (χ3n) is 3.27. The van der Waals surface area contributed by atoms with Crippen LogP contribution in [-0.2, 0) is 11.8 Å². The first-order valence-electron chi connectivity index (χ1n) is 5.70. The second-order valence-corrected chi connectivity index (χ2v) is 4.52. The first kappa shape index (κ1) is 12.5. The molecule has 1 heterocycles. The fourth-order valence-electron chi connectivity index (χ4n) is 2.21. The topological polar surface area (TPSA) is 84.2 Å². The van der Waals surface area contributed by atoms with Crippen molar-refractivity contribution in [3.8, 4) is 0 Å². The molecule has 1 aliphatic carbocycles. The molecular formula is C11H14FN3O3. The maximum Gasteiger partial charge on any atom is 0.329 e. The highest BCUT2D eigenvalue weighted by molar-refractivity contribution is 5.96. The van der Waals surface area contributed by atoms with Crippen molar-refractivity contribution < 1.29 is 19.1 Å². The van der Waals surface area contributed by atoms with Crippen LogP contribution in [0.4, 0.5) is 4.39 Å². The van der Waals surface area contributed by atoms with E-state index in [-0.39, 0.29) is 5.69 Å². The lowest BCUT2D eigenvalue weighted by atomic mass is 9.97. The van der Waals surface area contributed by atoms with Crippen LogP contribution in [0.3, 0.4) is 0 Å². The predicted molar refractivity (Wildman–Crippen MR) is 59.5 cm³/mol. The highest BCUT2D eigenvalue weighted by Crippen LogP contribution is 2.30. The summed E-state index contributed by atoms with van der Waals surface area (Å²) in [5, 5.41) is 15.4. The van der Waals surface area contributed by atoms with Crippen LogP contribution in [0.5, 0.6) is 0 Å². The Hall–Kier alpha value is -1.92. The van der Waals surface area contributed by atoms with Crippen LogP contribution in [0.2, 0.25) is 0 Å². The molecule has 6 nitrogen and oxygen atoms in total. The van der Waals surface area contributed by atoms with Crippen LogP contribution >= 0.6 is 0 Å². The van der Waals surface area contributed by atoms with Crippen LogP contribution in [-0.4, -0.2) is 32.3 Å². The van der Waals surface area contributed by atoms with Crippen molar-refractivity contribution in [1.82, 2.24) is 15.1 Å². The molecule has 0 aromatic carbocycles. The number of carbonyl (C=O) groups excluding carboxylic acids is 1. The SMILES string of the molecule is Cn1nc(C(=O)NC2(C(=O)O)CCCC2)cc1F. The van der Waals surface area contributed by atoms with E-state index in [0.29, 0.717) is 12.8 Å². The van der Waals surface area contributed by atoms with Crippen molar-refractivity contribution in [1.29, 1.82) is 0 Å². The molecule has 7 heteroatoms. The summed E-state index contributed by atoms with van der Waals surface area (Å²) in [6, 6.07) is 0.986. The molecule has 1 aliphatic rings. The van der Waals surface area contributed by atoms with Gasteiger partial charge in [0.05, 0.1) is 0 Å². The van der Waals surface area contributed by atoms with Gasteiger partial charge in [0.2, 0.25) is 5.95 Å². The standard InChI is InChI=1S/C11H14FN3O3/c1-15-8(12)6-7(14-15)9(16)13-11(10(17)18)4-2-3-5-11/h6H,2-5H2,1H3,(H,13,16)(H,17,18). The highest BCUT2D eigenvalue weighted by atomic mass is 19.1. The number of rotatable bonds is 3. The van der Waals surface area contributed by atoms with Gasteiger partial charge in [-0.2, -0.15) is 9.49 Å². The van der Waals surface area contributed by atoms with E-state index < -0.39 is 23.4 Å². The van der Waals surface area contributed by atoms with Crippen molar-refractivity contribution in [2.45, 2.75) is 31.2 Å². The molecule has 18 heavy (non-hydrogen) atoms. The number of carboxylic acid groups (broad SMARTS) is 1. The normalized spacial score (nSPS) is 17.7. The van der Waals surface area contributed by atoms with Crippen LogP contribution in [0.1, 0.15) is 36.2 Å². The molecule has 98 valence electrons. The second kappa shape index (κ2) is 4.40. The van der Waals surface area contributed by atoms with E-state index in [4.69, 9.17) is 0 Å². The minimum atomic E-state index is -1.23. The number of carbonyl (C=O) groups is 2. The van der Waals surface area contributed by atoms with E-state index in [1.54, 1.807) is 0 Å². The summed E-state index contributed by atoms with van der Waals surface area (Å²) in [6.45, 7) is 0. The number of amides is 1. The Morgan fingerprint density at radius 2 is 2.11 bits per heavy atom. The van der Waals surface area contributed by atoms with Gasteiger partial charge in [-0.15, -0.1) is 0 Å². The molecule has 1 amide bonds. The molecule has 1 saturated carbocycles. The average molecular weight is 255 g/mol. The van der Waals surface area contributed by atoms with Crippen molar-refractivity contribution in [3.63, 3.8) is 0 Å². The van der Waals surface area contributed by atoms with Crippen LogP contribution in [0, 0.1) is 5.95 Å². The van der Waals surface area contributed by atoms with Gasteiger partial charge in [0, 0.05) is 13.1 Å². The Kier molecular flexibility index (Phi) is 3.06. The Morgan fingerprint density at radius 1 is 1.50 bits per heavy atom. The van der Waals surface area contributed by atoms with E-state index in [2.05, 4.69) is 10.4 Å². The summed E-state index contributed by atoms with van der Waals surface area (Å²) in [5.41, 5.74) is -1.34. The number of carboxylic acids is 1. The monoisotopic (exact) mass is 255 g/mol. The zero-order valence-corrected chi connectivity index (χ0v) is 9.94. The van der Waals surface area contributed by atoms with E-state index >= 15 is 0 Å². The number of aryl methyl sites for hydroxylation is 1. The quantitative estimate of drug-likeness (QED) is 0.832. The van der Waals surface area contributed by atoms with Gasteiger partial charge in [-0.05, 0) is 12.8 Å². The zero-order valence-electron chi connectivity index (χ0n) is 9.94. The summed E-state index contributed by atoms with van der Waals surface area (Å²) in [7, 11) is 1.37. The zero-order chi connectivity index (χ0) is 13.3. The van der Waals surface area contributed by atoms with Gasteiger partial charge in [0.25, 0.3) is 5.91 Å². The third-order valence-corrected chi connectivity index (χ3v) is 3.27. The van der Waals surface area contributed by atoms with Crippen molar-refractivity contribution >= 4 is 11.9 Å². The molecule has 1 aromatic heterocycles. The van der Waals surface area contributed by atoms with Crippen LogP contribution in [0.25, 0.3) is 0 Å². The molecule has 2 N–H and O–H groups in total. The maximum atomic E-state index is 13.1. The molecular weight excluding hydrogens is 241 g/mol. The van der Waals surface area contributed by atoms with E-state index in [1.165, 1.54) is 7.05 Å². The summed E-state index contributed by atoms with van der Waals surface area (Å²) < 4.78 is 14.0. The molecule has 2 rings (SSSR count). The van der Waals surface area contributed by atoms with Gasteiger partial charge in [-0.25, -0.2) is 9.48 Å². The van der Waals surface area contributed by atoms with Gasteiger partial charge in [-0.1, -0.05) is 12.8 Å². The second-order valence-electron chi connectivity index (χ2n) is 4.52. The molecule has 0 unspecified atom stereocenters. The summed E-state index contributed by atoms with van der Waals surface area (Å²) >= 11 is 0. The summed E-state index contributed by atoms with van der Waals surface area (Å²) in [6.07, 6.45) is 2.29. The van der Waals surface area contributed by atoms with E-state index in [1.807, 2.05) is 0 Å². The number of hydrogen-bond donors (Lipinski definition) is 2. The smallest absolute Gasteiger partial charge is 0.329 e. The molecule has 0 radical (unpaired) electrons. The third kappa shape index (κ3) is 2.07. The molecule has 0 saturated heterocycles. The lowest BCUT2D eigenvalue weighted by Crippen LogP contribution is -2.52. The lowest BCUT2D eigenvalue weighted by Gasteiger charge is -2.24. The molecule has 0 spiro atoms. The molecule has 0 bridgehead atoms. The van der Waals surface area contributed by atoms with E-state index in [0.717, 1.165) is 23.6 Å². The maximum absolute atomic E-state index is 13.1. The van der Waals surface area contributed by atoms with Gasteiger partial charge in [-0.3, -0.25) is 4.79 Å². The number of aliphatic carboxylic acids is 1. The van der Waals surface area contributed by atoms with E-state index in [9.17, 15) is 19.1 Å². The Bertz CT molecular complexity index is 472. The molecule has 1 fully saturated rings. The largest absolute Gasteiger partial charge is 0.480 e. The molecule has 0 atom stereocenters. The highest BCUT2D eigenvalue weighted by Gasteiger charge is 2.43. The fourth-order valence-corrected chi connectivity index (χ4v) is 2.21. The summed E-state index contributed by atoms with van der Waals surface area (Å²) in [4.78, 5) is 23.1. The minimum Gasteiger partial charge on any atom is -0.480 e. The number of nitrogens with zero attached hydrogens (tertiary/aromatic N) is 2. The number of aromatic nitrogens is 2. The van der Waals surface area contributed by atoms with Gasteiger partial charge in [0.15, 0.2) is 5.69 Å². The fraction of sp³-hybridized carbons (Fsp3) is 0.545. The molecule has 1 aromatic rings. The van der Waals surface area contributed by atoms with Crippen molar-refractivity contribution in [2.75, 3.05) is 0 Å². The van der Waals surface area contributed by atoms with Crippen LogP contribution < -0.4 is 5.32 Å². The Balaban J connectivity index is 2.17. The number of halogens is 1. The average Bonchev–Trinajstić information content (AvgIpc) is 2.88. The predicted octanol–water partition coefficient (Wildman–Crippen LogP) is 0.686. The van der Waals surface area contributed by atoms with Gasteiger partial charge in [0.1, 0.15) is 5.54 Å². The number of hydrogen-bond acceptors (Lipinski definition) is 3.